The van der Waals surface area contributed by atoms with Crippen LogP contribution in [0.5, 0.6) is 0 Å². The number of hydrogen-bond donors (Lipinski definition) is 0. The van der Waals surface area contributed by atoms with E-state index in [-0.39, 0.29) is 25.2 Å². The molecule has 0 aliphatic carbocycles. The van der Waals surface area contributed by atoms with Crippen molar-refractivity contribution in [1.29, 1.82) is 0 Å². The van der Waals surface area contributed by atoms with Gasteiger partial charge < -0.3 is 14.2 Å². The van der Waals surface area contributed by atoms with Crippen LogP contribution in [0.4, 0.5) is 0 Å². The highest BCUT2D eigenvalue weighted by molar-refractivity contribution is 5.70. The fourth-order valence-electron chi connectivity index (χ4n) is 7.22. The smallest absolute Gasteiger partial charge is 0.306 e. The maximum absolute atomic E-state index is 12.6. The zero-order valence-corrected chi connectivity index (χ0v) is 43.2. The Morgan fingerprint density at radius 1 is 0.333 bits per heavy atom. The van der Waals surface area contributed by atoms with Crippen LogP contribution in [0.1, 0.15) is 239 Å². The van der Waals surface area contributed by atoms with Crippen molar-refractivity contribution in [3.8, 4) is 0 Å². The van der Waals surface area contributed by atoms with Crippen LogP contribution in [0.15, 0.2) is 109 Å². The lowest BCUT2D eigenvalue weighted by Gasteiger charge is -2.18. The lowest BCUT2D eigenvalue weighted by atomic mass is 10.0. The molecule has 5 heteroatoms. The van der Waals surface area contributed by atoms with E-state index in [9.17, 15) is 9.59 Å². The predicted molar refractivity (Wildman–Crippen MR) is 288 cm³/mol. The summed E-state index contributed by atoms with van der Waals surface area (Å²) in [4.78, 5) is 25.2. The Bertz CT molecular complexity index is 1310. The minimum atomic E-state index is -0.452. The van der Waals surface area contributed by atoms with Gasteiger partial charge in [-0.25, -0.2) is 0 Å². The Morgan fingerprint density at radius 3 is 1.06 bits per heavy atom. The summed E-state index contributed by atoms with van der Waals surface area (Å²) in [6, 6.07) is 0. The molecule has 0 rings (SSSR count). The van der Waals surface area contributed by atoms with Crippen molar-refractivity contribution in [2.75, 3.05) is 19.8 Å². The van der Waals surface area contributed by atoms with Gasteiger partial charge >= 0.3 is 11.9 Å². The number of rotatable bonds is 49. The third-order valence-electron chi connectivity index (χ3n) is 11.3. The van der Waals surface area contributed by atoms with Crippen molar-refractivity contribution < 1.29 is 23.8 Å². The first kappa shape index (κ1) is 62.6. The van der Waals surface area contributed by atoms with Crippen molar-refractivity contribution in [3.63, 3.8) is 0 Å². The molecule has 1 atom stereocenters. The van der Waals surface area contributed by atoms with E-state index in [2.05, 4.69) is 124 Å². The van der Waals surface area contributed by atoms with Crippen molar-refractivity contribution in [1.82, 2.24) is 0 Å². The number of carbonyl (C=O) groups is 2. The molecule has 0 spiro atoms. The van der Waals surface area contributed by atoms with Crippen LogP contribution < -0.4 is 0 Å². The highest BCUT2D eigenvalue weighted by Crippen LogP contribution is 2.14. The van der Waals surface area contributed by atoms with Crippen LogP contribution in [0, 0.1) is 0 Å². The second kappa shape index (κ2) is 55.9. The third kappa shape index (κ3) is 53.2. The summed E-state index contributed by atoms with van der Waals surface area (Å²) in [5, 5.41) is 0. The summed E-state index contributed by atoms with van der Waals surface area (Å²) in [6.07, 6.45) is 77.1. The fourth-order valence-corrected chi connectivity index (χ4v) is 7.22. The molecule has 5 nitrogen and oxygen atoms in total. The normalized spacial score (nSPS) is 13.1. The molecular weight excluding hydrogens is 813 g/mol. The Labute approximate surface area is 408 Å². The molecule has 0 amide bonds. The molecule has 376 valence electrons. The number of unbranched alkanes of at least 4 members (excludes halogenated alkanes) is 20. The van der Waals surface area contributed by atoms with Crippen LogP contribution >= 0.6 is 0 Å². The maximum atomic E-state index is 12.6. The van der Waals surface area contributed by atoms with Crippen molar-refractivity contribution >= 4 is 11.9 Å². The molecule has 0 fully saturated rings. The van der Waals surface area contributed by atoms with Gasteiger partial charge in [0.25, 0.3) is 0 Å². The molecule has 0 radical (unpaired) electrons. The summed E-state index contributed by atoms with van der Waals surface area (Å²) in [6.45, 7) is 7.46. The average molecular weight is 915 g/mol. The number of hydrogen-bond acceptors (Lipinski definition) is 5. The molecule has 0 unspecified atom stereocenters. The summed E-state index contributed by atoms with van der Waals surface area (Å²) >= 11 is 0. The van der Waals surface area contributed by atoms with Gasteiger partial charge in [0.05, 0.1) is 0 Å². The first-order valence-electron chi connectivity index (χ1n) is 27.4. The lowest BCUT2D eigenvalue weighted by Crippen LogP contribution is -2.29. The minimum Gasteiger partial charge on any atom is -0.463 e. The zero-order chi connectivity index (χ0) is 47.7. The van der Waals surface area contributed by atoms with Crippen LogP contribution in [-0.2, 0) is 23.8 Å². The Morgan fingerprint density at radius 2 is 0.652 bits per heavy atom. The molecule has 0 aromatic rings. The predicted octanol–water partition coefficient (Wildman–Crippen LogP) is 18.8. The SMILES string of the molecule is CC/C=C\C/C=C\C/C=C\C/C=C\CCCCC(=O)OC[C@H](COC(=O)CC/C=C\C/C=C\C/C=C\C/C=C\C/C=C\CCCCC)OCCCCCCCCCCCCCCCCCC. The van der Waals surface area contributed by atoms with E-state index in [1.54, 1.807) is 0 Å². The molecule has 0 aliphatic heterocycles. The first-order chi connectivity index (χ1) is 32.6. The summed E-state index contributed by atoms with van der Waals surface area (Å²) < 4.78 is 17.4. The number of allylic oxidation sites excluding steroid dienone is 18. The average Bonchev–Trinajstić information content (AvgIpc) is 3.32. The summed E-state index contributed by atoms with van der Waals surface area (Å²) in [5.74, 6) is -0.475. The second-order valence-corrected chi connectivity index (χ2v) is 17.7. The van der Waals surface area contributed by atoms with Gasteiger partial charge in [-0.3, -0.25) is 9.59 Å². The molecule has 0 aliphatic rings. The van der Waals surface area contributed by atoms with Crippen LogP contribution in [0.25, 0.3) is 0 Å². The minimum absolute atomic E-state index is 0.0999. The van der Waals surface area contributed by atoms with Gasteiger partial charge in [0.1, 0.15) is 19.3 Å². The van der Waals surface area contributed by atoms with Crippen molar-refractivity contribution in [2.24, 2.45) is 0 Å². The van der Waals surface area contributed by atoms with E-state index in [0.29, 0.717) is 25.9 Å². The molecular formula is C61H102O5. The first-order valence-corrected chi connectivity index (χ1v) is 27.4. The molecule has 0 bridgehead atoms. The molecule has 66 heavy (non-hydrogen) atoms. The molecule has 0 aromatic heterocycles. The van der Waals surface area contributed by atoms with E-state index in [0.717, 1.165) is 83.5 Å². The summed E-state index contributed by atoms with van der Waals surface area (Å²) in [7, 11) is 0. The van der Waals surface area contributed by atoms with E-state index < -0.39 is 6.10 Å². The van der Waals surface area contributed by atoms with Crippen LogP contribution in [0.2, 0.25) is 0 Å². The fraction of sp³-hybridized carbons (Fsp3) is 0.672. The molecule has 0 N–H and O–H groups in total. The standard InChI is InChI=1S/C61H102O5/c1-4-7-10-13-16-19-22-25-28-30-31-32-34-37-40-43-46-49-52-55-61(63)66-58-59(64-56-53-50-47-44-41-38-35-29-26-23-20-17-14-11-8-5-2)57-65-60(62)54-51-48-45-42-39-36-33-27-24-21-18-15-12-9-6-3/h9,12,16,18-19,21,25,27-28,31-33,37,39-40,42,46,49,59H,4-8,10-11,13-15,17,20,22-24,26,29-30,34-36,38,41,43-45,47-48,50-58H2,1-3H3/b12-9-,19-16-,21-18-,28-25-,32-31-,33-27-,40-37-,42-39-,49-46-/t59-/m1/s1. The van der Waals surface area contributed by atoms with E-state index in [1.807, 2.05) is 6.08 Å². The second-order valence-electron chi connectivity index (χ2n) is 17.7. The Balaban J connectivity index is 4.44. The van der Waals surface area contributed by atoms with Gasteiger partial charge in [-0.15, -0.1) is 0 Å². The van der Waals surface area contributed by atoms with E-state index in [4.69, 9.17) is 14.2 Å². The van der Waals surface area contributed by atoms with Gasteiger partial charge in [0, 0.05) is 19.4 Å². The topological polar surface area (TPSA) is 61.8 Å². The monoisotopic (exact) mass is 915 g/mol. The van der Waals surface area contributed by atoms with Crippen LogP contribution in [0.3, 0.4) is 0 Å². The molecule has 0 heterocycles. The van der Waals surface area contributed by atoms with Crippen molar-refractivity contribution in [3.05, 3.63) is 109 Å². The number of carbonyl (C=O) groups excluding carboxylic acids is 2. The number of esters is 2. The van der Waals surface area contributed by atoms with Gasteiger partial charge in [-0.2, -0.15) is 0 Å². The maximum Gasteiger partial charge on any atom is 0.306 e. The molecule has 0 aromatic carbocycles. The molecule has 0 saturated heterocycles. The highest BCUT2D eigenvalue weighted by atomic mass is 16.6. The van der Waals surface area contributed by atoms with Gasteiger partial charge in [0.15, 0.2) is 0 Å². The quantitative estimate of drug-likeness (QED) is 0.0346. The molecule has 0 saturated carbocycles. The zero-order valence-electron chi connectivity index (χ0n) is 43.2. The summed E-state index contributed by atoms with van der Waals surface area (Å²) in [5.41, 5.74) is 0. The number of ether oxygens (including phenoxy) is 3. The Hall–Kier alpha value is -3.44. The van der Waals surface area contributed by atoms with Crippen LogP contribution in [-0.4, -0.2) is 37.9 Å². The lowest BCUT2D eigenvalue weighted by molar-refractivity contribution is -0.155. The largest absolute Gasteiger partial charge is 0.463 e. The van der Waals surface area contributed by atoms with E-state index >= 15 is 0 Å². The van der Waals surface area contributed by atoms with Gasteiger partial charge in [0.2, 0.25) is 0 Å². The van der Waals surface area contributed by atoms with Crippen molar-refractivity contribution in [2.45, 2.75) is 245 Å². The van der Waals surface area contributed by atoms with E-state index in [1.165, 1.54) is 116 Å². The third-order valence-corrected chi connectivity index (χ3v) is 11.3. The van der Waals surface area contributed by atoms with Gasteiger partial charge in [-0.1, -0.05) is 239 Å². The highest BCUT2D eigenvalue weighted by Gasteiger charge is 2.15. The Kier molecular flexibility index (Phi) is 53.0. The van der Waals surface area contributed by atoms with Gasteiger partial charge in [-0.05, 0) is 96.3 Å².